The Morgan fingerprint density at radius 3 is 2.67 bits per heavy atom. The average molecular weight is 489 g/mol. The van der Waals surface area contributed by atoms with Gasteiger partial charge in [0.2, 0.25) is 5.82 Å². The molecule has 0 spiro atoms. The summed E-state index contributed by atoms with van der Waals surface area (Å²) in [5.41, 5.74) is 0.485. The molecule has 0 radical (unpaired) electrons. The van der Waals surface area contributed by atoms with Crippen LogP contribution in [-0.4, -0.2) is 42.9 Å². The zero-order valence-electron chi connectivity index (χ0n) is 19.6. The number of hydrogen-bond donors (Lipinski definition) is 1. The summed E-state index contributed by atoms with van der Waals surface area (Å²) in [5.74, 6) is -1.70. The summed E-state index contributed by atoms with van der Waals surface area (Å²) in [6, 6.07) is 14.5. The number of halogens is 2. The van der Waals surface area contributed by atoms with Gasteiger partial charge in [-0.05, 0) is 43.0 Å². The number of carbonyl (C=O) groups excluding carboxylic acids is 1. The van der Waals surface area contributed by atoms with Crippen molar-refractivity contribution in [2.24, 2.45) is 5.92 Å². The van der Waals surface area contributed by atoms with Crippen LogP contribution < -0.4 is 0 Å². The standard InChI is InChI=1S/C28H26F2N4O2/c29-19-11-12-20(22(30)17-19)24-25-31-14-6-15-34(25)26(32-24)27(35)33-16-13-28(36,18-7-2-1-3-8-18)21-9-4-5-10-23(21)33/h1-3,6-8,11-12,14-15,17,21,23,36H,4-5,9-10,13,16H2/t21-,23+,28?/m0/s1. The second-order valence-corrected chi connectivity index (χ2v) is 9.72. The third kappa shape index (κ3) is 3.59. The van der Waals surface area contributed by atoms with Crippen LogP contribution in [0.4, 0.5) is 8.78 Å². The number of likely N-dealkylation sites (tertiary alicyclic amines) is 1. The molecular formula is C28H26F2N4O2. The van der Waals surface area contributed by atoms with Crippen molar-refractivity contribution in [3.63, 3.8) is 0 Å². The zero-order chi connectivity index (χ0) is 24.9. The molecule has 184 valence electrons. The molecule has 1 amide bonds. The smallest absolute Gasteiger partial charge is 0.290 e. The number of benzene rings is 2. The van der Waals surface area contributed by atoms with Crippen molar-refractivity contribution in [1.29, 1.82) is 0 Å². The second-order valence-electron chi connectivity index (χ2n) is 9.72. The van der Waals surface area contributed by atoms with Gasteiger partial charge in [-0.3, -0.25) is 9.20 Å². The van der Waals surface area contributed by atoms with Crippen LogP contribution in [-0.2, 0) is 5.60 Å². The highest BCUT2D eigenvalue weighted by molar-refractivity contribution is 5.94. The van der Waals surface area contributed by atoms with Crippen LogP contribution in [0.15, 0.2) is 67.0 Å². The van der Waals surface area contributed by atoms with Crippen LogP contribution in [0.3, 0.4) is 0 Å². The molecule has 1 aliphatic carbocycles. The highest BCUT2D eigenvalue weighted by Crippen LogP contribution is 2.47. The normalized spacial score (nSPS) is 24.0. The number of carbonyl (C=O) groups is 1. The fourth-order valence-corrected chi connectivity index (χ4v) is 6.09. The predicted octanol–water partition coefficient (Wildman–Crippen LogP) is 4.97. The minimum absolute atomic E-state index is 0.0827. The van der Waals surface area contributed by atoms with E-state index in [4.69, 9.17) is 0 Å². The van der Waals surface area contributed by atoms with Crippen molar-refractivity contribution in [3.8, 4) is 11.3 Å². The maximum Gasteiger partial charge on any atom is 0.290 e. The first-order valence-electron chi connectivity index (χ1n) is 12.3. The Morgan fingerprint density at radius 2 is 1.86 bits per heavy atom. The van der Waals surface area contributed by atoms with E-state index in [-0.39, 0.29) is 34.9 Å². The van der Waals surface area contributed by atoms with Gasteiger partial charge in [0.05, 0.1) is 5.60 Å². The van der Waals surface area contributed by atoms with E-state index in [0.717, 1.165) is 43.4 Å². The molecule has 3 atom stereocenters. The van der Waals surface area contributed by atoms with Crippen LogP contribution in [0.2, 0.25) is 0 Å². The Kier molecular flexibility index (Phi) is 5.56. The van der Waals surface area contributed by atoms with E-state index in [0.29, 0.717) is 18.6 Å². The van der Waals surface area contributed by atoms with Gasteiger partial charge in [-0.2, -0.15) is 0 Å². The van der Waals surface area contributed by atoms with E-state index in [1.807, 2.05) is 35.2 Å². The lowest BCUT2D eigenvalue weighted by Crippen LogP contribution is -2.59. The van der Waals surface area contributed by atoms with Gasteiger partial charge in [-0.15, -0.1) is 0 Å². The number of nitrogens with zero attached hydrogens (tertiary/aromatic N) is 4. The summed E-state index contributed by atoms with van der Waals surface area (Å²) in [6.07, 6.45) is 7.26. The number of piperidine rings is 1. The third-order valence-corrected chi connectivity index (χ3v) is 7.79. The highest BCUT2D eigenvalue weighted by Gasteiger charge is 2.50. The van der Waals surface area contributed by atoms with E-state index < -0.39 is 17.2 Å². The number of amides is 1. The fourth-order valence-electron chi connectivity index (χ4n) is 6.09. The van der Waals surface area contributed by atoms with Gasteiger partial charge in [-0.25, -0.2) is 18.7 Å². The molecule has 1 aliphatic heterocycles. The molecule has 1 unspecified atom stereocenters. The van der Waals surface area contributed by atoms with Crippen molar-refractivity contribution in [2.75, 3.05) is 6.54 Å². The topological polar surface area (TPSA) is 70.7 Å². The first-order valence-corrected chi connectivity index (χ1v) is 12.3. The molecule has 3 heterocycles. The molecule has 1 N–H and O–H groups in total. The molecule has 0 bridgehead atoms. The van der Waals surface area contributed by atoms with E-state index in [1.165, 1.54) is 6.07 Å². The first-order chi connectivity index (χ1) is 17.5. The Labute approximate surface area is 207 Å². The lowest BCUT2D eigenvalue weighted by molar-refractivity contribution is -0.110. The van der Waals surface area contributed by atoms with Crippen molar-refractivity contribution in [3.05, 3.63) is 90.0 Å². The number of rotatable bonds is 3. The number of hydrogen-bond acceptors (Lipinski definition) is 4. The van der Waals surface area contributed by atoms with Crippen LogP contribution in [0.25, 0.3) is 16.9 Å². The van der Waals surface area contributed by atoms with Crippen molar-refractivity contribution >= 4 is 11.6 Å². The monoisotopic (exact) mass is 488 g/mol. The second kappa shape index (κ2) is 8.78. The highest BCUT2D eigenvalue weighted by atomic mass is 19.1. The SMILES string of the molecule is O=C(c1nc(-c2ccc(F)cc2F)c2ncccn12)N1CCC(O)(c2ccccc2)[C@H]2CCCC[C@H]21. The van der Waals surface area contributed by atoms with Crippen LogP contribution >= 0.6 is 0 Å². The van der Waals surface area contributed by atoms with E-state index in [1.54, 1.807) is 22.9 Å². The minimum Gasteiger partial charge on any atom is -0.385 e. The van der Waals surface area contributed by atoms with Gasteiger partial charge in [0.1, 0.15) is 17.3 Å². The molecular weight excluding hydrogens is 462 g/mol. The molecule has 6 rings (SSSR count). The summed E-state index contributed by atoms with van der Waals surface area (Å²) in [5, 5.41) is 11.8. The summed E-state index contributed by atoms with van der Waals surface area (Å²) >= 11 is 0. The maximum atomic E-state index is 14.7. The molecule has 6 nitrogen and oxygen atoms in total. The van der Waals surface area contributed by atoms with Gasteiger partial charge >= 0.3 is 0 Å². The summed E-state index contributed by atoms with van der Waals surface area (Å²) < 4.78 is 29.8. The summed E-state index contributed by atoms with van der Waals surface area (Å²) in [6.45, 7) is 0.376. The number of aliphatic hydroxyl groups is 1. The molecule has 2 fully saturated rings. The molecule has 1 saturated heterocycles. The minimum atomic E-state index is -0.998. The molecule has 2 aromatic heterocycles. The van der Waals surface area contributed by atoms with Crippen LogP contribution in [0.5, 0.6) is 0 Å². The average Bonchev–Trinajstić information content (AvgIpc) is 3.29. The van der Waals surface area contributed by atoms with Crippen molar-refractivity contribution in [2.45, 2.75) is 43.7 Å². The van der Waals surface area contributed by atoms with E-state index in [9.17, 15) is 18.7 Å². The Balaban J connectivity index is 1.40. The molecule has 4 aromatic rings. The molecule has 1 saturated carbocycles. The number of imidazole rings is 1. The zero-order valence-corrected chi connectivity index (χ0v) is 19.6. The lowest BCUT2D eigenvalue weighted by atomic mass is 9.66. The summed E-state index contributed by atoms with van der Waals surface area (Å²) in [7, 11) is 0. The van der Waals surface area contributed by atoms with E-state index >= 15 is 0 Å². The van der Waals surface area contributed by atoms with Gasteiger partial charge in [-0.1, -0.05) is 43.2 Å². The maximum absolute atomic E-state index is 14.7. The van der Waals surface area contributed by atoms with Gasteiger partial charge < -0.3 is 10.0 Å². The quantitative estimate of drug-likeness (QED) is 0.442. The Hall–Kier alpha value is -3.65. The van der Waals surface area contributed by atoms with Crippen molar-refractivity contribution < 1.29 is 18.7 Å². The van der Waals surface area contributed by atoms with Gasteiger partial charge in [0, 0.05) is 42.5 Å². The molecule has 8 heteroatoms. The third-order valence-electron chi connectivity index (χ3n) is 7.79. The molecule has 36 heavy (non-hydrogen) atoms. The molecule has 2 aliphatic rings. The summed E-state index contributed by atoms with van der Waals surface area (Å²) in [4.78, 5) is 24.7. The predicted molar refractivity (Wildman–Crippen MR) is 130 cm³/mol. The first kappa shape index (κ1) is 22.8. The largest absolute Gasteiger partial charge is 0.385 e. The van der Waals surface area contributed by atoms with Crippen molar-refractivity contribution in [1.82, 2.24) is 19.3 Å². The fraction of sp³-hybridized carbons (Fsp3) is 0.321. The number of fused-ring (bicyclic) bond motifs is 2. The van der Waals surface area contributed by atoms with Gasteiger partial charge in [0.15, 0.2) is 5.65 Å². The Bertz CT molecular complexity index is 1440. The van der Waals surface area contributed by atoms with Crippen LogP contribution in [0, 0.1) is 17.6 Å². The van der Waals surface area contributed by atoms with Gasteiger partial charge in [0.25, 0.3) is 5.91 Å². The van der Waals surface area contributed by atoms with Crippen LogP contribution in [0.1, 0.15) is 48.3 Å². The lowest BCUT2D eigenvalue weighted by Gasteiger charge is -2.52. The Morgan fingerprint density at radius 1 is 1.06 bits per heavy atom. The number of aromatic nitrogens is 3. The van der Waals surface area contributed by atoms with E-state index in [2.05, 4.69) is 9.97 Å². The molecule has 2 aromatic carbocycles.